The molecule has 0 spiro atoms. The lowest BCUT2D eigenvalue weighted by Crippen LogP contribution is -2.13. The van der Waals surface area contributed by atoms with Crippen molar-refractivity contribution >= 4 is 0 Å². The molecule has 0 saturated carbocycles. The maximum Gasteiger partial charge on any atom is 0.444 e. The molecule has 20 heavy (non-hydrogen) atoms. The highest BCUT2D eigenvalue weighted by Crippen LogP contribution is 2.21. The van der Waals surface area contributed by atoms with Gasteiger partial charge in [-0.3, -0.25) is 0 Å². The van der Waals surface area contributed by atoms with Gasteiger partial charge < -0.3 is 9.15 Å². The average Bonchev–Trinajstić information content (AvgIpc) is 2.89. The third-order valence-electron chi connectivity index (χ3n) is 2.90. The number of ether oxygens (including phenoxy) is 1. The summed E-state index contributed by atoms with van der Waals surface area (Å²) in [6.07, 6.45) is -0.0554. The molecule has 0 unspecified atom stereocenters. The van der Waals surface area contributed by atoms with Crippen LogP contribution >= 0.6 is 0 Å². The Morgan fingerprint density at radius 3 is 2.50 bits per heavy atom. The first kappa shape index (κ1) is 12.2. The molecule has 5 heteroatoms. The maximum absolute atomic E-state index is 11.7. The van der Waals surface area contributed by atoms with Gasteiger partial charge in [0.1, 0.15) is 0 Å². The summed E-state index contributed by atoms with van der Waals surface area (Å²) in [5, 5.41) is 3.95. The standard InChI is InChI=1S/C15H12N2O3/c1-19-14-16-17(15(18)20-14)13-9-5-8-12(10-13)11-6-3-2-4-7-11/h2-10H,1H3. The van der Waals surface area contributed by atoms with E-state index in [0.29, 0.717) is 5.69 Å². The molecule has 0 atom stereocenters. The van der Waals surface area contributed by atoms with Gasteiger partial charge in [0.25, 0.3) is 0 Å². The van der Waals surface area contributed by atoms with Crippen LogP contribution in [0.3, 0.4) is 0 Å². The van der Waals surface area contributed by atoms with Crippen molar-refractivity contribution in [2.75, 3.05) is 7.11 Å². The molecule has 0 aliphatic carbocycles. The third kappa shape index (κ3) is 2.21. The van der Waals surface area contributed by atoms with E-state index in [9.17, 15) is 4.79 Å². The van der Waals surface area contributed by atoms with Crippen molar-refractivity contribution in [3.8, 4) is 22.9 Å². The van der Waals surface area contributed by atoms with Crippen LogP contribution in [0.15, 0.2) is 63.8 Å². The van der Waals surface area contributed by atoms with Gasteiger partial charge in [-0.05, 0) is 23.3 Å². The molecule has 5 nitrogen and oxygen atoms in total. The minimum atomic E-state index is -0.577. The van der Waals surface area contributed by atoms with Crippen molar-refractivity contribution < 1.29 is 9.15 Å². The second kappa shape index (κ2) is 5.05. The van der Waals surface area contributed by atoms with Crippen molar-refractivity contribution in [2.45, 2.75) is 0 Å². The summed E-state index contributed by atoms with van der Waals surface area (Å²) < 4.78 is 10.8. The third-order valence-corrected chi connectivity index (χ3v) is 2.90. The molecule has 0 radical (unpaired) electrons. The van der Waals surface area contributed by atoms with Gasteiger partial charge in [-0.15, -0.1) is 0 Å². The van der Waals surface area contributed by atoms with Gasteiger partial charge >= 0.3 is 11.8 Å². The summed E-state index contributed by atoms with van der Waals surface area (Å²) in [4.78, 5) is 11.7. The maximum atomic E-state index is 11.7. The van der Waals surface area contributed by atoms with Crippen molar-refractivity contribution in [3.63, 3.8) is 0 Å². The fourth-order valence-corrected chi connectivity index (χ4v) is 1.95. The number of benzene rings is 2. The molecule has 0 aliphatic heterocycles. The number of hydrogen-bond acceptors (Lipinski definition) is 4. The van der Waals surface area contributed by atoms with E-state index in [0.717, 1.165) is 11.1 Å². The van der Waals surface area contributed by atoms with Crippen LogP contribution in [0.1, 0.15) is 0 Å². The molecular formula is C15H12N2O3. The van der Waals surface area contributed by atoms with Crippen LogP contribution in [0.25, 0.3) is 16.8 Å². The molecule has 0 fully saturated rings. The topological polar surface area (TPSA) is 57.3 Å². The normalized spacial score (nSPS) is 10.4. The van der Waals surface area contributed by atoms with Gasteiger partial charge in [0, 0.05) is 0 Å². The second-order valence-electron chi connectivity index (χ2n) is 4.17. The van der Waals surface area contributed by atoms with Crippen molar-refractivity contribution in [1.82, 2.24) is 9.78 Å². The molecule has 0 N–H and O–H groups in total. The van der Waals surface area contributed by atoms with Crippen LogP contribution < -0.4 is 10.5 Å². The lowest BCUT2D eigenvalue weighted by atomic mass is 10.1. The molecule has 1 aromatic heterocycles. The fraction of sp³-hybridized carbons (Fsp3) is 0.0667. The van der Waals surface area contributed by atoms with Gasteiger partial charge in [-0.25, -0.2) is 4.79 Å². The number of nitrogens with zero attached hydrogens (tertiary/aromatic N) is 2. The van der Waals surface area contributed by atoms with Gasteiger partial charge in [0.2, 0.25) is 0 Å². The largest absolute Gasteiger partial charge is 0.452 e. The first-order chi connectivity index (χ1) is 9.78. The SMILES string of the molecule is COc1nn(-c2cccc(-c3ccccc3)c2)c(=O)o1. The Labute approximate surface area is 115 Å². The van der Waals surface area contributed by atoms with E-state index in [1.807, 2.05) is 48.5 Å². The van der Waals surface area contributed by atoms with E-state index in [-0.39, 0.29) is 6.08 Å². The zero-order valence-electron chi connectivity index (χ0n) is 10.8. The minimum Gasteiger partial charge on any atom is -0.452 e. The molecule has 1 heterocycles. The first-order valence-electron chi connectivity index (χ1n) is 6.08. The van der Waals surface area contributed by atoms with Crippen LogP contribution in [0.5, 0.6) is 6.08 Å². The Bertz CT molecular complexity index is 775. The summed E-state index contributed by atoms with van der Waals surface area (Å²) in [5.74, 6) is -0.577. The Morgan fingerprint density at radius 2 is 1.80 bits per heavy atom. The monoisotopic (exact) mass is 268 g/mol. The molecular weight excluding hydrogens is 256 g/mol. The number of rotatable bonds is 3. The zero-order valence-corrected chi connectivity index (χ0v) is 10.8. The van der Waals surface area contributed by atoms with Crippen LogP contribution in [-0.2, 0) is 0 Å². The Balaban J connectivity index is 2.07. The van der Waals surface area contributed by atoms with E-state index < -0.39 is 5.76 Å². The predicted octanol–water partition coefficient (Wildman–Crippen LogP) is 2.50. The summed E-state index contributed by atoms with van der Waals surface area (Å²) in [5.41, 5.74) is 2.69. The van der Waals surface area contributed by atoms with Gasteiger partial charge in [-0.2, -0.15) is 4.68 Å². The van der Waals surface area contributed by atoms with Crippen LogP contribution in [-0.4, -0.2) is 16.9 Å². The average molecular weight is 268 g/mol. The molecule has 3 rings (SSSR count). The van der Waals surface area contributed by atoms with E-state index in [1.54, 1.807) is 6.07 Å². The highest BCUT2D eigenvalue weighted by atomic mass is 16.6. The number of aromatic nitrogens is 2. The molecule has 100 valence electrons. The Kier molecular flexibility index (Phi) is 3.09. The smallest absolute Gasteiger partial charge is 0.444 e. The Hall–Kier alpha value is -2.82. The van der Waals surface area contributed by atoms with Gasteiger partial charge in [0.05, 0.1) is 12.8 Å². The predicted molar refractivity (Wildman–Crippen MR) is 74.1 cm³/mol. The van der Waals surface area contributed by atoms with Gasteiger partial charge in [0.15, 0.2) is 0 Å². The van der Waals surface area contributed by atoms with Crippen molar-refractivity contribution in [2.24, 2.45) is 0 Å². The summed E-state index contributed by atoms with van der Waals surface area (Å²) >= 11 is 0. The van der Waals surface area contributed by atoms with E-state index >= 15 is 0 Å². The van der Waals surface area contributed by atoms with Crippen LogP contribution in [0.4, 0.5) is 0 Å². The minimum absolute atomic E-state index is 0.0554. The lowest BCUT2D eigenvalue weighted by Gasteiger charge is -2.04. The highest BCUT2D eigenvalue weighted by molar-refractivity contribution is 5.65. The fourth-order valence-electron chi connectivity index (χ4n) is 1.95. The van der Waals surface area contributed by atoms with Crippen molar-refractivity contribution in [3.05, 3.63) is 65.1 Å². The summed E-state index contributed by atoms with van der Waals surface area (Å²) in [7, 11) is 1.40. The van der Waals surface area contributed by atoms with Crippen LogP contribution in [0, 0.1) is 0 Å². The van der Waals surface area contributed by atoms with E-state index in [1.165, 1.54) is 11.8 Å². The molecule has 0 saturated heterocycles. The molecule has 0 amide bonds. The number of hydrogen-bond donors (Lipinski definition) is 0. The second-order valence-corrected chi connectivity index (χ2v) is 4.17. The molecule has 0 aliphatic rings. The summed E-state index contributed by atoms with van der Waals surface area (Å²) in [6.45, 7) is 0. The van der Waals surface area contributed by atoms with E-state index in [4.69, 9.17) is 9.15 Å². The lowest BCUT2D eigenvalue weighted by molar-refractivity contribution is 0.282. The van der Waals surface area contributed by atoms with E-state index in [2.05, 4.69) is 5.10 Å². The quantitative estimate of drug-likeness (QED) is 0.732. The van der Waals surface area contributed by atoms with Crippen molar-refractivity contribution in [1.29, 1.82) is 0 Å². The zero-order chi connectivity index (χ0) is 13.9. The first-order valence-corrected chi connectivity index (χ1v) is 6.08. The Morgan fingerprint density at radius 1 is 1.05 bits per heavy atom. The highest BCUT2D eigenvalue weighted by Gasteiger charge is 2.10. The molecule has 0 bridgehead atoms. The molecule has 2 aromatic carbocycles. The number of methoxy groups -OCH3 is 1. The van der Waals surface area contributed by atoms with Crippen LogP contribution in [0.2, 0.25) is 0 Å². The van der Waals surface area contributed by atoms with Gasteiger partial charge in [-0.1, -0.05) is 47.6 Å². The molecule has 3 aromatic rings. The summed E-state index contributed by atoms with van der Waals surface area (Å²) in [6, 6.07) is 17.4.